The van der Waals surface area contributed by atoms with E-state index in [1.807, 2.05) is 48.5 Å². The minimum atomic E-state index is -1.35. The summed E-state index contributed by atoms with van der Waals surface area (Å²) < 4.78 is 13.5. The van der Waals surface area contributed by atoms with E-state index >= 15 is 0 Å². The number of imidazole rings is 1. The van der Waals surface area contributed by atoms with Crippen molar-refractivity contribution >= 4 is 28.8 Å². The first-order valence-corrected chi connectivity index (χ1v) is 14.3. The van der Waals surface area contributed by atoms with Crippen molar-refractivity contribution in [3.8, 4) is 16.9 Å². The lowest BCUT2D eigenvalue weighted by Crippen LogP contribution is -2.33. The number of carbonyl (C=O) groups is 1. The topological polar surface area (TPSA) is 193 Å². The second-order valence-electron chi connectivity index (χ2n) is 10.7. The van der Waals surface area contributed by atoms with E-state index in [0.29, 0.717) is 43.0 Å². The molecule has 2 aromatic carbocycles. The highest BCUT2D eigenvalue weighted by Crippen LogP contribution is 2.36. The Bertz CT molecular complexity index is 1570. The first-order chi connectivity index (χ1) is 21.3. The molecule has 14 heteroatoms. The van der Waals surface area contributed by atoms with Crippen molar-refractivity contribution in [3.63, 3.8) is 0 Å². The smallest absolute Gasteiger partial charge is 0.236 e. The van der Waals surface area contributed by atoms with Crippen molar-refractivity contribution in [1.29, 1.82) is 0 Å². The molecule has 1 aliphatic rings. The first kappa shape index (κ1) is 31.1. The van der Waals surface area contributed by atoms with Crippen molar-refractivity contribution in [2.24, 2.45) is 0 Å². The number of rotatable bonds is 13. The van der Waals surface area contributed by atoms with Gasteiger partial charge in [0.25, 0.3) is 0 Å². The van der Waals surface area contributed by atoms with Crippen LogP contribution in [0, 0.1) is 0 Å². The number of nitrogens with zero attached hydrogens (tertiary/aromatic N) is 5. The standard InChI is InChI=1S/C30H38N8O6/c1-37(2)23(40)15-32-11-6-12-43-21-13-18(9-10-20(21)19-7-4-3-5-8-19)14-33-30-36-24-27(31)34-17-35-28(24)38(30)29-26(42)25(41)22(16-39)44-29/h3-5,7-10,13,17,22,25-26,29,32,39,41-42H,6,11-12,14-16H2,1-2H3,(H,33,36)(H2,31,34,35)/t22-,25-,26-,29-/m1/s1. The minimum absolute atomic E-state index is 0.0131. The van der Waals surface area contributed by atoms with Crippen LogP contribution in [-0.2, 0) is 16.1 Å². The summed E-state index contributed by atoms with van der Waals surface area (Å²) in [5, 5.41) is 37.2. The maximum absolute atomic E-state index is 11.8. The zero-order chi connectivity index (χ0) is 31.2. The van der Waals surface area contributed by atoms with Crippen LogP contribution >= 0.6 is 0 Å². The van der Waals surface area contributed by atoms with E-state index in [0.717, 1.165) is 16.7 Å². The zero-order valence-corrected chi connectivity index (χ0v) is 24.6. The Labute approximate surface area is 254 Å². The van der Waals surface area contributed by atoms with Crippen molar-refractivity contribution in [2.45, 2.75) is 37.5 Å². The van der Waals surface area contributed by atoms with Crippen LogP contribution in [-0.4, -0.2) is 104 Å². The first-order valence-electron chi connectivity index (χ1n) is 14.3. The van der Waals surface area contributed by atoms with Gasteiger partial charge in [0.15, 0.2) is 23.2 Å². The van der Waals surface area contributed by atoms with Gasteiger partial charge in [-0.15, -0.1) is 0 Å². The summed E-state index contributed by atoms with van der Waals surface area (Å²) in [5.74, 6) is 1.15. The summed E-state index contributed by atoms with van der Waals surface area (Å²) in [4.78, 5) is 26.2. The number of anilines is 2. The lowest BCUT2D eigenvalue weighted by Gasteiger charge is -2.20. The predicted molar refractivity (Wildman–Crippen MR) is 164 cm³/mol. The fourth-order valence-electron chi connectivity index (χ4n) is 4.95. The van der Waals surface area contributed by atoms with E-state index in [9.17, 15) is 20.1 Å². The van der Waals surface area contributed by atoms with Gasteiger partial charge >= 0.3 is 0 Å². The molecule has 1 fully saturated rings. The number of nitrogens with one attached hydrogen (secondary N) is 2. The third kappa shape index (κ3) is 6.74. The van der Waals surface area contributed by atoms with Crippen molar-refractivity contribution in [3.05, 3.63) is 60.4 Å². The summed E-state index contributed by atoms with van der Waals surface area (Å²) in [5.41, 5.74) is 9.51. The number of aliphatic hydroxyl groups excluding tert-OH is 3. The summed E-state index contributed by atoms with van der Waals surface area (Å²) in [6, 6.07) is 15.9. The third-order valence-electron chi connectivity index (χ3n) is 7.39. The van der Waals surface area contributed by atoms with Crippen LogP contribution in [0.2, 0.25) is 0 Å². The van der Waals surface area contributed by atoms with Gasteiger partial charge in [0.2, 0.25) is 11.9 Å². The van der Waals surface area contributed by atoms with E-state index in [1.54, 1.807) is 19.0 Å². The number of benzene rings is 2. The molecule has 7 N–H and O–H groups in total. The number of nitrogen functional groups attached to an aromatic ring is 1. The Balaban J connectivity index is 1.35. The summed E-state index contributed by atoms with van der Waals surface area (Å²) in [6.45, 7) is 1.19. The van der Waals surface area contributed by atoms with E-state index in [1.165, 1.54) is 10.9 Å². The van der Waals surface area contributed by atoms with Gasteiger partial charge < -0.3 is 46.1 Å². The highest BCUT2D eigenvalue weighted by Gasteiger charge is 2.45. The molecule has 234 valence electrons. The fourth-order valence-corrected chi connectivity index (χ4v) is 4.95. The monoisotopic (exact) mass is 606 g/mol. The van der Waals surface area contributed by atoms with Crippen LogP contribution in [0.15, 0.2) is 54.9 Å². The number of carbonyl (C=O) groups excluding carboxylic acids is 1. The third-order valence-corrected chi connectivity index (χ3v) is 7.39. The highest BCUT2D eigenvalue weighted by molar-refractivity contribution is 5.84. The fraction of sp³-hybridized carbons (Fsp3) is 0.400. The molecule has 0 radical (unpaired) electrons. The Morgan fingerprint density at radius 2 is 1.93 bits per heavy atom. The minimum Gasteiger partial charge on any atom is -0.493 e. The molecule has 4 aromatic rings. The number of likely N-dealkylation sites (N-methyl/N-ethyl adjacent to an activating group) is 1. The normalized spacial score (nSPS) is 19.8. The SMILES string of the molecule is CN(C)C(=O)CNCCCOc1cc(CNc2nc3c(N)ncnc3n2[C@@H]2O[C@H](CO)[C@@H](O)[C@H]2O)ccc1-c1ccccc1. The van der Waals surface area contributed by atoms with Crippen LogP contribution in [0.4, 0.5) is 11.8 Å². The Kier molecular flexibility index (Phi) is 9.87. The van der Waals surface area contributed by atoms with Gasteiger partial charge in [-0.1, -0.05) is 42.5 Å². The molecule has 0 bridgehead atoms. The molecule has 1 amide bonds. The molecule has 2 aromatic heterocycles. The molecule has 44 heavy (non-hydrogen) atoms. The lowest BCUT2D eigenvalue weighted by atomic mass is 10.0. The van der Waals surface area contributed by atoms with Crippen molar-refractivity contribution in [1.82, 2.24) is 29.7 Å². The van der Waals surface area contributed by atoms with Crippen molar-refractivity contribution < 1.29 is 29.6 Å². The van der Waals surface area contributed by atoms with Gasteiger partial charge in [-0.2, -0.15) is 0 Å². The number of hydrogen-bond acceptors (Lipinski definition) is 12. The van der Waals surface area contributed by atoms with Crippen molar-refractivity contribution in [2.75, 3.05) is 51.4 Å². The quantitative estimate of drug-likeness (QED) is 0.117. The van der Waals surface area contributed by atoms with Crippen LogP contribution in [0.25, 0.3) is 22.3 Å². The lowest BCUT2D eigenvalue weighted by molar-refractivity contribution is -0.127. The Morgan fingerprint density at radius 3 is 2.66 bits per heavy atom. The number of aliphatic hydroxyl groups is 3. The molecule has 0 aliphatic carbocycles. The molecule has 4 atom stereocenters. The zero-order valence-electron chi connectivity index (χ0n) is 24.6. The van der Waals surface area contributed by atoms with Gasteiger partial charge in [-0.25, -0.2) is 15.0 Å². The highest BCUT2D eigenvalue weighted by atomic mass is 16.6. The molecule has 3 heterocycles. The summed E-state index contributed by atoms with van der Waals surface area (Å²) >= 11 is 0. The van der Waals surface area contributed by atoms with E-state index in [4.69, 9.17) is 15.2 Å². The number of fused-ring (bicyclic) bond motifs is 1. The molecule has 5 rings (SSSR count). The molecule has 0 unspecified atom stereocenters. The average molecular weight is 607 g/mol. The van der Waals surface area contributed by atoms with Crippen LogP contribution in [0.5, 0.6) is 5.75 Å². The number of ether oxygens (including phenoxy) is 2. The van der Waals surface area contributed by atoms with Crippen LogP contribution < -0.4 is 21.1 Å². The number of nitrogens with two attached hydrogens (primary N) is 1. The molecule has 1 saturated heterocycles. The Morgan fingerprint density at radius 1 is 1.14 bits per heavy atom. The van der Waals surface area contributed by atoms with Gasteiger partial charge in [0.05, 0.1) is 19.8 Å². The largest absolute Gasteiger partial charge is 0.493 e. The number of aromatic nitrogens is 4. The van der Waals surface area contributed by atoms with Crippen LogP contribution in [0.3, 0.4) is 0 Å². The molecular weight excluding hydrogens is 568 g/mol. The number of hydrogen-bond donors (Lipinski definition) is 6. The number of amides is 1. The van der Waals surface area contributed by atoms with Gasteiger partial charge in [-0.3, -0.25) is 9.36 Å². The average Bonchev–Trinajstić information content (AvgIpc) is 3.54. The maximum Gasteiger partial charge on any atom is 0.236 e. The van der Waals surface area contributed by atoms with Gasteiger partial charge in [0.1, 0.15) is 30.4 Å². The van der Waals surface area contributed by atoms with E-state index in [-0.39, 0.29) is 24.2 Å². The molecular formula is C30H38N8O6. The summed E-state index contributed by atoms with van der Waals surface area (Å²) in [6.07, 6.45) is -2.72. The van der Waals surface area contributed by atoms with E-state index in [2.05, 4.69) is 25.6 Å². The van der Waals surface area contributed by atoms with Crippen LogP contribution in [0.1, 0.15) is 18.2 Å². The van der Waals surface area contributed by atoms with Gasteiger partial charge in [-0.05, 0) is 30.2 Å². The summed E-state index contributed by atoms with van der Waals surface area (Å²) in [7, 11) is 3.45. The van der Waals surface area contributed by atoms with Gasteiger partial charge in [0, 0.05) is 26.2 Å². The van der Waals surface area contributed by atoms with E-state index < -0.39 is 31.1 Å². The Hall–Kier alpha value is -4.34. The molecule has 0 saturated carbocycles. The molecule has 1 aliphatic heterocycles. The second-order valence-corrected chi connectivity index (χ2v) is 10.7. The molecule has 14 nitrogen and oxygen atoms in total. The maximum atomic E-state index is 11.8. The predicted octanol–water partition coefficient (Wildman–Crippen LogP) is 0.746. The second kappa shape index (κ2) is 14.0. The molecule has 0 spiro atoms.